The molecular formula is C56H106O5. The molecule has 0 aromatic heterocycles. The number of hydrogen-bond acceptors (Lipinski definition) is 5. The van der Waals surface area contributed by atoms with E-state index in [1.807, 2.05) is 0 Å². The second kappa shape index (κ2) is 52.7. The molecule has 0 aliphatic carbocycles. The van der Waals surface area contributed by atoms with Crippen LogP contribution in [0.25, 0.3) is 0 Å². The van der Waals surface area contributed by atoms with Crippen molar-refractivity contribution in [3.05, 3.63) is 24.3 Å². The highest BCUT2D eigenvalue weighted by Gasteiger charge is 2.16. The summed E-state index contributed by atoms with van der Waals surface area (Å²) in [6.45, 7) is 4.15. The summed E-state index contributed by atoms with van der Waals surface area (Å²) in [4.78, 5) is 24.4. The Labute approximate surface area is 381 Å². The second-order valence-corrected chi connectivity index (χ2v) is 18.7. The van der Waals surface area contributed by atoms with Gasteiger partial charge in [-0.2, -0.15) is 0 Å². The lowest BCUT2D eigenvalue weighted by Gasteiger charge is -2.15. The molecule has 0 fully saturated rings. The van der Waals surface area contributed by atoms with Crippen molar-refractivity contribution < 1.29 is 24.2 Å². The highest BCUT2D eigenvalue weighted by molar-refractivity contribution is 5.70. The van der Waals surface area contributed by atoms with Crippen molar-refractivity contribution in [3.8, 4) is 0 Å². The molecule has 0 rings (SSSR count). The van der Waals surface area contributed by atoms with Crippen LogP contribution < -0.4 is 0 Å². The van der Waals surface area contributed by atoms with Gasteiger partial charge in [0.15, 0.2) is 6.10 Å². The summed E-state index contributed by atoms with van der Waals surface area (Å²) in [6, 6.07) is 0. The largest absolute Gasteiger partial charge is 0.462 e. The molecule has 0 heterocycles. The third kappa shape index (κ3) is 50.9. The second-order valence-electron chi connectivity index (χ2n) is 18.7. The van der Waals surface area contributed by atoms with E-state index in [0.717, 1.165) is 51.4 Å². The van der Waals surface area contributed by atoms with Gasteiger partial charge in [0, 0.05) is 12.8 Å². The normalized spacial score (nSPS) is 12.2. The van der Waals surface area contributed by atoms with E-state index in [2.05, 4.69) is 38.2 Å². The van der Waals surface area contributed by atoms with E-state index in [1.54, 1.807) is 0 Å². The number of ether oxygens (including phenoxy) is 2. The van der Waals surface area contributed by atoms with Crippen LogP contribution in [0.2, 0.25) is 0 Å². The smallest absolute Gasteiger partial charge is 0.306 e. The van der Waals surface area contributed by atoms with Crippen LogP contribution in [0.5, 0.6) is 0 Å². The quantitative estimate of drug-likeness (QED) is 0.0375. The van der Waals surface area contributed by atoms with Crippen molar-refractivity contribution >= 4 is 11.9 Å². The van der Waals surface area contributed by atoms with Gasteiger partial charge < -0.3 is 14.6 Å². The first-order chi connectivity index (χ1) is 30.1. The van der Waals surface area contributed by atoms with E-state index in [0.29, 0.717) is 12.8 Å². The first-order valence-corrected chi connectivity index (χ1v) is 27.4. The highest BCUT2D eigenvalue weighted by Crippen LogP contribution is 2.17. The number of aliphatic hydroxyl groups is 1. The number of esters is 2. The standard InChI is InChI=1S/C56H106O5/c1-3-5-7-9-11-13-15-17-19-21-22-23-24-25-26-27-28-29-30-31-32-33-34-35-37-38-40-42-44-46-48-50-55(58)60-53-54(52-57)61-56(59)51-49-47-45-43-41-39-36-20-18-16-14-12-10-8-6-4-2/h14,16,20,36,54,57H,3-13,15,17-19,21-35,37-53H2,1-2H3/b16-14-,36-20-. The van der Waals surface area contributed by atoms with Gasteiger partial charge in [-0.1, -0.05) is 269 Å². The van der Waals surface area contributed by atoms with Crippen LogP contribution in [0.4, 0.5) is 0 Å². The summed E-state index contributed by atoms with van der Waals surface area (Å²) in [7, 11) is 0. The number of aliphatic hydroxyl groups excluding tert-OH is 1. The van der Waals surface area contributed by atoms with Gasteiger partial charge in [-0.15, -0.1) is 0 Å². The maximum Gasteiger partial charge on any atom is 0.306 e. The zero-order valence-corrected chi connectivity index (χ0v) is 41.2. The Morgan fingerprint density at radius 2 is 0.656 bits per heavy atom. The molecule has 0 aliphatic rings. The molecule has 1 atom stereocenters. The molecule has 0 amide bonds. The number of hydrogen-bond donors (Lipinski definition) is 1. The van der Waals surface area contributed by atoms with Crippen LogP contribution in [0.1, 0.15) is 303 Å². The fourth-order valence-electron chi connectivity index (χ4n) is 8.35. The van der Waals surface area contributed by atoms with Crippen LogP contribution in [-0.2, 0) is 19.1 Å². The van der Waals surface area contributed by atoms with Crippen LogP contribution in [0.3, 0.4) is 0 Å². The Hall–Kier alpha value is -1.62. The van der Waals surface area contributed by atoms with E-state index >= 15 is 0 Å². The van der Waals surface area contributed by atoms with Crippen LogP contribution in [0, 0.1) is 0 Å². The lowest BCUT2D eigenvalue weighted by Crippen LogP contribution is -2.28. The van der Waals surface area contributed by atoms with Crippen LogP contribution >= 0.6 is 0 Å². The molecule has 1 N–H and O–H groups in total. The summed E-state index contributed by atoms with van der Waals surface area (Å²) >= 11 is 0. The predicted molar refractivity (Wildman–Crippen MR) is 265 cm³/mol. The highest BCUT2D eigenvalue weighted by atomic mass is 16.6. The van der Waals surface area contributed by atoms with E-state index in [4.69, 9.17) is 9.47 Å². The molecule has 0 aliphatic heterocycles. The molecule has 1 unspecified atom stereocenters. The molecule has 0 aromatic rings. The Morgan fingerprint density at radius 3 is 0.984 bits per heavy atom. The summed E-state index contributed by atoms with van der Waals surface area (Å²) in [6.07, 6.45) is 65.9. The molecule has 0 bridgehead atoms. The van der Waals surface area contributed by atoms with Crippen LogP contribution in [-0.4, -0.2) is 36.4 Å². The SMILES string of the molecule is CCCCCC/C=C\C/C=C\CCCCCCCC(=O)OC(CO)COC(=O)CCCCCCCCCCCCCCCCCCCCCCCCCCCCCCCCC. The summed E-state index contributed by atoms with van der Waals surface area (Å²) in [5, 5.41) is 9.62. The molecule has 360 valence electrons. The predicted octanol–water partition coefficient (Wildman–Crippen LogP) is 18.1. The molecule has 0 saturated carbocycles. The lowest BCUT2D eigenvalue weighted by molar-refractivity contribution is -0.161. The van der Waals surface area contributed by atoms with E-state index in [9.17, 15) is 14.7 Å². The van der Waals surface area contributed by atoms with Gasteiger partial charge in [0.05, 0.1) is 6.61 Å². The van der Waals surface area contributed by atoms with Crippen molar-refractivity contribution in [2.75, 3.05) is 13.2 Å². The topological polar surface area (TPSA) is 72.8 Å². The fourth-order valence-corrected chi connectivity index (χ4v) is 8.35. The maximum atomic E-state index is 12.2. The molecule has 5 nitrogen and oxygen atoms in total. The minimum atomic E-state index is -0.776. The average molecular weight is 859 g/mol. The molecule has 0 saturated heterocycles. The summed E-state index contributed by atoms with van der Waals surface area (Å²) in [5.74, 6) is -0.591. The van der Waals surface area contributed by atoms with Gasteiger partial charge in [0.25, 0.3) is 0 Å². The Morgan fingerprint density at radius 1 is 0.377 bits per heavy atom. The van der Waals surface area contributed by atoms with E-state index in [1.165, 1.54) is 225 Å². The van der Waals surface area contributed by atoms with E-state index in [-0.39, 0.29) is 25.2 Å². The van der Waals surface area contributed by atoms with Gasteiger partial charge >= 0.3 is 11.9 Å². The van der Waals surface area contributed by atoms with Gasteiger partial charge in [-0.25, -0.2) is 0 Å². The third-order valence-electron chi connectivity index (χ3n) is 12.5. The van der Waals surface area contributed by atoms with Crippen molar-refractivity contribution in [3.63, 3.8) is 0 Å². The van der Waals surface area contributed by atoms with Crippen LogP contribution in [0.15, 0.2) is 24.3 Å². The minimum Gasteiger partial charge on any atom is -0.462 e. The lowest BCUT2D eigenvalue weighted by atomic mass is 10.0. The Kier molecular flexibility index (Phi) is 51.3. The van der Waals surface area contributed by atoms with Crippen molar-refractivity contribution in [2.45, 2.75) is 309 Å². The number of rotatable bonds is 51. The van der Waals surface area contributed by atoms with Gasteiger partial charge in [-0.05, 0) is 44.9 Å². The molecule has 0 spiro atoms. The number of carbonyl (C=O) groups is 2. The van der Waals surface area contributed by atoms with Gasteiger partial charge in [0.2, 0.25) is 0 Å². The number of allylic oxidation sites excluding steroid dienone is 4. The van der Waals surface area contributed by atoms with Gasteiger partial charge in [0.1, 0.15) is 6.61 Å². The summed E-state index contributed by atoms with van der Waals surface area (Å²) < 4.78 is 10.7. The maximum absolute atomic E-state index is 12.2. The first-order valence-electron chi connectivity index (χ1n) is 27.4. The summed E-state index contributed by atoms with van der Waals surface area (Å²) in [5.41, 5.74) is 0. The van der Waals surface area contributed by atoms with Crippen molar-refractivity contribution in [1.82, 2.24) is 0 Å². The molecule has 61 heavy (non-hydrogen) atoms. The molecular weight excluding hydrogens is 753 g/mol. The van der Waals surface area contributed by atoms with E-state index < -0.39 is 6.10 Å². The molecule has 0 radical (unpaired) electrons. The van der Waals surface area contributed by atoms with Crippen molar-refractivity contribution in [1.29, 1.82) is 0 Å². The first kappa shape index (κ1) is 59.4. The number of unbranched alkanes of at least 4 members (excludes halogenated alkanes) is 39. The third-order valence-corrected chi connectivity index (χ3v) is 12.5. The molecule has 5 heteroatoms. The monoisotopic (exact) mass is 859 g/mol. The Bertz CT molecular complexity index is 928. The van der Waals surface area contributed by atoms with Gasteiger partial charge in [-0.3, -0.25) is 9.59 Å². The Balaban J connectivity index is 3.40. The van der Waals surface area contributed by atoms with Crippen molar-refractivity contribution in [2.24, 2.45) is 0 Å². The molecule has 0 aromatic carbocycles. The zero-order valence-electron chi connectivity index (χ0n) is 41.2. The zero-order chi connectivity index (χ0) is 44.2. The number of carbonyl (C=O) groups excluding carboxylic acids is 2. The fraction of sp³-hybridized carbons (Fsp3) is 0.893. The average Bonchev–Trinajstić information content (AvgIpc) is 3.26. The minimum absolute atomic E-state index is 0.0665.